The van der Waals surface area contributed by atoms with Gasteiger partial charge in [-0.1, -0.05) is 12.5 Å². The van der Waals surface area contributed by atoms with Crippen LogP contribution in [0.1, 0.15) is 26.7 Å². The quantitative estimate of drug-likeness (QED) is 0.373. The molecule has 0 aliphatic rings. The number of nitrogens with one attached hydrogen (secondary N) is 1. The molecule has 0 unspecified atom stereocenters. The van der Waals surface area contributed by atoms with E-state index >= 15 is 0 Å². The first-order valence-corrected chi connectivity index (χ1v) is 4.16. The molecule has 0 aliphatic carbocycles. The summed E-state index contributed by atoms with van der Waals surface area (Å²) >= 11 is 0. The smallest absolute Gasteiger partial charge is 0.152 e. The summed E-state index contributed by atoms with van der Waals surface area (Å²) in [5, 5.41) is 0. The molecule has 0 aromatic carbocycles. The van der Waals surface area contributed by atoms with Crippen molar-refractivity contribution in [3.63, 3.8) is 0 Å². The third-order valence-electron chi connectivity index (χ3n) is 1.55. The summed E-state index contributed by atoms with van der Waals surface area (Å²) in [5.41, 5.74) is 3.89. The Morgan fingerprint density at radius 3 is 2.67 bits per heavy atom. The zero-order valence-corrected chi connectivity index (χ0v) is 8.02. The van der Waals surface area contributed by atoms with Crippen molar-refractivity contribution in [1.82, 2.24) is 5.48 Å². The number of hydrogen-bond acceptors (Lipinski definition) is 3. The highest BCUT2D eigenvalue weighted by molar-refractivity contribution is 5.87. The second-order valence-electron chi connectivity index (χ2n) is 2.62. The van der Waals surface area contributed by atoms with Crippen LogP contribution >= 0.6 is 0 Å². The minimum absolute atomic E-state index is 0.115. The Kier molecular flexibility index (Phi) is 6.61. The van der Waals surface area contributed by atoms with Crippen LogP contribution in [0.4, 0.5) is 0 Å². The molecule has 3 nitrogen and oxygen atoms in total. The highest BCUT2D eigenvalue weighted by atomic mass is 16.6. The van der Waals surface area contributed by atoms with Crippen molar-refractivity contribution in [2.24, 2.45) is 0 Å². The fourth-order valence-electron chi connectivity index (χ4n) is 0.952. The number of rotatable bonds is 6. The molecule has 0 aromatic heterocycles. The maximum Gasteiger partial charge on any atom is 0.152 e. The first-order chi connectivity index (χ1) is 5.70. The summed E-state index contributed by atoms with van der Waals surface area (Å²) in [6.07, 6.45) is 3.48. The van der Waals surface area contributed by atoms with Gasteiger partial charge in [0.2, 0.25) is 0 Å². The van der Waals surface area contributed by atoms with E-state index in [2.05, 4.69) is 10.3 Å². The van der Waals surface area contributed by atoms with E-state index < -0.39 is 0 Å². The van der Waals surface area contributed by atoms with Gasteiger partial charge in [0.25, 0.3) is 0 Å². The van der Waals surface area contributed by atoms with E-state index in [1.54, 1.807) is 20.1 Å². The van der Waals surface area contributed by atoms with Crippen LogP contribution in [0.15, 0.2) is 11.6 Å². The normalized spacial score (nSPS) is 11.8. The molecule has 0 atom stereocenters. The summed E-state index contributed by atoms with van der Waals surface area (Å²) in [7, 11) is 1.58. The van der Waals surface area contributed by atoms with E-state index in [1.807, 2.05) is 6.92 Å². The maximum atomic E-state index is 10.7. The van der Waals surface area contributed by atoms with Crippen LogP contribution < -0.4 is 5.48 Å². The molecule has 12 heavy (non-hydrogen) atoms. The van der Waals surface area contributed by atoms with E-state index in [-0.39, 0.29) is 5.78 Å². The molecule has 0 amide bonds. The third-order valence-corrected chi connectivity index (χ3v) is 1.55. The molecule has 0 rings (SSSR count). The summed E-state index contributed by atoms with van der Waals surface area (Å²) in [6, 6.07) is 0. The van der Waals surface area contributed by atoms with Crippen LogP contribution in [0.2, 0.25) is 0 Å². The van der Waals surface area contributed by atoms with E-state index in [1.165, 1.54) is 0 Å². The van der Waals surface area contributed by atoms with Gasteiger partial charge in [-0.05, 0) is 25.8 Å². The van der Waals surface area contributed by atoms with Crippen molar-refractivity contribution < 1.29 is 9.63 Å². The standard InChI is InChI=1S/C9H17NO2/c1-4-9(7-8(2)11)5-6-10-12-3/h7,10H,4-6H2,1-3H3/b9-7+. The average molecular weight is 171 g/mol. The molecule has 1 N–H and O–H groups in total. The maximum absolute atomic E-state index is 10.7. The number of carbonyl (C=O) groups excluding carboxylic acids is 1. The summed E-state index contributed by atoms with van der Waals surface area (Å²) < 4.78 is 0. The van der Waals surface area contributed by atoms with Crippen LogP contribution in [-0.4, -0.2) is 19.4 Å². The van der Waals surface area contributed by atoms with Crippen LogP contribution in [0.25, 0.3) is 0 Å². The van der Waals surface area contributed by atoms with Crippen LogP contribution in [0.3, 0.4) is 0 Å². The number of allylic oxidation sites excluding steroid dienone is 1. The van der Waals surface area contributed by atoms with Crippen LogP contribution in [0, 0.1) is 0 Å². The van der Waals surface area contributed by atoms with E-state index in [0.717, 1.165) is 25.0 Å². The van der Waals surface area contributed by atoms with Gasteiger partial charge < -0.3 is 4.84 Å². The Morgan fingerprint density at radius 2 is 2.25 bits per heavy atom. The molecule has 0 fully saturated rings. The van der Waals surface area contributed by atoms with E-state index in [4.69, 9.17) is 0 Å². The predicted molar refractivity (Wildman–Crippen MR) is 48.7 cm³/mol. The fraction of sp³-hybridized carbons (Fsp3) is 0.667. The minimum Gasteiger partial charge on any atom is -0.305 e. The number of hydroxylamine groups is 1. The number of carbonyl (C=O) groups is 1. The molecule has 0 radical (unpaired) electrons. The summed E-state index contributed by atoms with van der Waals surface area (Å²) in [6.45, 7) is 4.37. The Bertz CT molecular complexity index is 164. The molecule has 0 saturated heterocycles. The van der Waals surface area contributed by atoms with Crippen molar-refractivity contribution in [3.8, 4) is 0 Å². The molecule has 0 bridgehead atoms. The lowest BCUT2D eigenvalue weighted by molar-refractivity contribution is -0.112. The van der Waals surface area contributed by atoms with Gasteiger partial charge in [0.15, 0.2) is 5.78 Å². The van der Waals surface area contributed by atoms with Crippen molar-refractivity contribution >= 4 is 5.78 Å². The lowest BCUT2D eigenvalue weighted by Gasteiger charge is -2.03. The predicted octanol–water partition coefficient (Wildman–Crippen LogP) is 1.45. The van der Waals surface area contributed by atoms with Gasteiger partial charge in [-0.2, -0.15) is 0 Å². The molecule has 0 spiro atoms. The minimum atomic E-state index is 0.115. The van der Waals surface area contributed by atoms with Crippen molar-refractivity contribution in [1.29, 1.82) is 0 Å². The largest absolute Gasteiger partial charge is 0.305 e. The lowest BCUT2D eigenvalue weighted by atomic mass is 10.1. The van der Waals surface area contributed by atoms with Crippen LogP contribution in [0.5, 0.6) is 0 Å². The Morgan fingerprint density at radius 1 is 1.58 bits per heavy atom. The molecule has 0 saturated carbocycles. The number of ketones is 1. The molecule has 0 aromatic rings. The van der Waals surface area contributed by atoms with Gasteiger partial charge in [-0.3, -0.25) is 4.79 Å². The molecule has 3 heteroatoms. The van der Waals surface area contributed by atoms with Gasteiger partial charge in [-0.25, -0.2) is 5.48 Å². The van der Waals surface area contributed by atoms with Crippen LogP contribution in [-0.2, 0) is 9.63 Å². The fourth-order valence-corrected chi connectivity index (χ4v) is 0.952. The lowest BCUT2D eigenvalue weighted by Crippen LogP contribution is -2.13. The first-order valence-electron chi connectivity index (χ1n) is 4.16. The SMILES string of the molecule is CC/C(=C\C(C)=O)CCNOC. The van der Waals surface area contributed by atoms with Gasteiger partial charge in [-0.15, -0.1) is 0 Å². The Labute approximate surface area is 73.7 Å². The zero-order valence-electron chi connectivity index (χ0n) is 8.02. The highest BCUT2D eigenvalue weighted by Gasteiger charge is 1.95. The molecule has 0 aliphatic heterocycles. The molecular formula is C9H17NO2. The Balaban J connectivity index is 3.75. The van der Waals surface area contributed by atoms with E-state index in [0.29, 0.717) is 0 Å². The topological polar surface area (TPSA) is 38.3 Å². The van der Waals surface area contributed by atoms with Gasteiger partial charge in [0.1, 0.15) is 0 Å². The van der Waals surface area contributed by atoms with Gasteiger partial charge in [0.05, 0.1) is 7.11 Å². The molecular weight excluding hydrogens is 154 g/mol. The van der Waals surface area contributed by atoms with Crippen molar-refractivity contribution in [2.75, 3.05) is 13.7 Å². The Hall–Kier alpha value is -0.670. The van der Waals surface area contributed by atoms with Crippen molar-refractivity contribution in [2.45, 2.75) is 26.7 Å². The van der Waals surface area contributed by atoms with E-state index in [9.17, 15) is 4.79 Å². The zero-order chi connectivity index (χ0) is 9.40. The van der Waals surface area contributed by atoms with Gasteiger partial charge >= 0.3 is 0 Å². The third kappa shape index (κ3) is 6.07. The first kappa shape index (κ1) is 11.3. The second kappa shape index (κ2) is 7.00. The molecule has 70 valence electrons. The second-order valence-corrected chi connectivity index (χ2v) is 2.62. The van der Waals surface area contributed by atoms with Gasteiger partial charge in [0, 0.05) is 6.54 Å². The summed E-state index contributed by atoms with van der Waals surface area (Å²) in [5.74, 6) is 0.115. The summed E-state index contributed by atoms with van der Waals surface area (Å²) in [4.78, 5) is 15.4. The van der Waals surface area contributed by atoms with Crippen molar-refractivity contribution in [3.05, 3.63) is 11.6 Å². The monoisotopic (exact) mass is 171 g/mol. The molecule has 0 heterocycles. The number of hydrogen-bond donors (Lipinski definition) is 1. The highest BCUT2D eigenvalue weighted by Crippen LogP contribution is 2.04. The average Bonchev–Trinajstić information content (AvgIpc) is 2.02.